The van der Waals surface area contributed by atoms with Gasteiger partial charge in [0.05, 0.1) is 5.41 Å². The van der Waals surface area contributed by atoms with Crippen LogP contribution in [0.1, 0.15) is 43.9 Å². The summed E-state index contributed by atoms with van der Waals surface area (Å²) >= 11 is 0. The van der Waals surface area contributed by atoms with Gasteiger partial charge in [0.1, 0.15) is 5.75 Å². The van der Waals surface area contributed by atoms with Crippen molar-refractivity contribution in [2.45, 2.75) is 39.7 Å². The van der Waals surface area contributed by atoms with Crippen LogP contribution in [0.2, 0.25) is 0 Å². The van der Waals surface area contributed by atoms with Gasteiger partial charge in [0.25, 0.3) is 0 Å². The molecule has 0 bridgehead atoms. The van der Waals surface area contributed by atoms with E-state index in [1.807, 2.05) is 26.0 Å². The van der Waals surface area contributed by atoms with E-state index < -0.39 is 11.4 Å². The van der Waals surface area contributed by atoms with Gasteiger partial charge < -0.3 is 10.2 Å². The van der Waals surface area contributed by atoms with Crippen molar-refractivity contribution >= 4 is 5.97 Å². The summed E-state index contributed by atoms with van der Waals surface area (Å²) in [6.07, 6.45) is 1.30. The van der Waals surface area contributed by atoms with Crippen molar-refractivity contribution in [3.63, 3.8) is 0 Å². The molecule has 0 saturated carbocycles. The quantitative estimate of drug-likeness (QED) is 0.891. The van der Waals surface area contributed by atoms with Gasteiger partial charge in [-0.1, -0.05) is 17.7 Å². The molecule has 20 heavy (non-hydrogen) atoms. The van der Waals surface area contributed by atoms with Gasteiger partial charge in [-0.05, 0) is 52.8 Å². The second-order valence-corrected chi connectivity index (χ2v) is 6.14. The molecule has 0 radical (unpaired) electrons. The molecule has 1 aliphatic rings. The molecule has 1 fully saturated rings. The lowest BCUT2D eigenvalue weighted by atomic mass is 9.80. The van der Waals surface area contributed by atoms with Crippen molar-refractivity contribution in [3.05, 3.63) is 29.3 Å². The summed E-state index contributed by atoms with van der Waals surface area (Å²) in [4.78, 5) is 13.5. The third-order valence-electron chi connectivity index (χ3n) is 4.60. The van der Waals surface area contributed by atoms with Crippen LogP contribution in [0.15, 0.2) is 18.2 Å². The van der Waals surface area contributed by atoms with E-state index in [9.17, 15) is 15.0 Å². The highest BCUT2D eigenvalue weighted by Crippen LogP contribution is 2.36. The Balaban J connectivity index is 2.10. The Labute approximate surface area is 120 Å². The highest BCUT2D eigenvalue weighted by molar-refractivity contribution is 5.74. The highest BCUT2D eigenvalue weighted by Gasteiger charge is 2.38. The molecule has 1 heterocycles. The molecular formula is C16H23NO3. The van der Waals surface area contributed by atoms with Crippen LogP contribution in [0.3, 0.4) is 0 Å². The van der Waals surface area contributed by atoms with Crippen molar-refractivity contribution in [1.82, 2.24) is 4.90 Å². The van der Waals surface area contributed by atoms with Crippen LogP contribution < -0.4 is 0 Å². The highest BCUT2D eigenvalue weighted by atomic mass is 16.4. The Bertz CT molecular complexity index is 504. The zero-order valence-electron chi connectivity index (χ0n) is 12.4. The summed E-state index contributed by atoms with van der Waals surface area (Å²) in [6, 6.07) is 5.73. The average Bonchev–Trinajstić information content (AvgIpc) is 2.41. The summed E-state index contributed by atoms with van der Waals surface area (Å²) in [5, 5.41) is 19.3. The van der Waals surface area contributed by atoms with E-state index in [0.29, 0.717) is 18.6 Å². The number of phenolic OH excluding ortho intramolecular Hbond substituents is 1. The smallest absolute Gasteiger partial charge is 0.309 e. The molecule has 0 spiro atoms. The second-order valence-electron chi connectivity index (χ2n) is 6.14. The van der Waals surface area contributed by atoms with Gasteiger partial charge in [0.2, 0.25) is 0 Å². The lowest BCUT2D eigenvalue weighted by molar-refractivity contribution is -0.151. The van der Waals surface area contributed by atoms with E-state index in [1.54, 1.807) is 6.07 Å². The minimum atomic E-state index is -0.705. The molecule has 4 heteroatoms. The van der Waals surface area contributed by atoms with Crippen molar-refractivity contribution in [2.24, 2.45) is 5.41 Å². The van der Waals surface area contributed by atoms with Crippen LogP contribution in [-0.2, 0) is 4.79 Å². The molecule has 1 unspecified atom stereocenters. The number of carboxylic acid groups (broad SMARTS) is 1. The predicted octanol–water partition coefficient (Wildman–Crippen LogP) is 2.95. The fourth-order valence-corrected chi connectivity index (χ4v) is 2.82. The molecule has 2 rings (SSSR count). The van der Waals surface area contributed by atoms with E-state index in [1.165, 1.54) is 0 Å². The van der Waals surface area contributed by atoms with Gasteiger partial charge in [-0.15, -0.1) is 0 Å². The first-order valence-electron chi connectivity index (χ1n) is 7.10. The van der Waals surface area contributed by atoms with Gasteiger partial charge in [-0.2, -0.15) is 0 Å². The van der Waals surface area contributed by atoms with Crippen molar-refractivity contribution < 1.29 is 15.0 Å². The first kappa shape index (κ1) is 14.9. The monoisotopic (exact) mass is 277 g/mol. The lowest BCUT2D eigenvalue weighted by Crippen LogP contribution is -2.43. The number of hydrogen-bond donors (Lipinski definition) is 2. The van der Waals surface area contributed by atoms with Gasteiger partial charge in [-0.25, -0.2) is 0 Å². The topological polar surface area (TPSA) is 60.8 Å². The Morgan fingerprint density at radius 1 is 1.35 bits per heavy atom. The standard InChI is InChI=1S/C16H23NO3/c1-11-4-5-14(18)13(10-11)12(2)17-8-6-16(3,7-9-17)15(19)20/h4-5,10,12,18H,6-9H2,1-3H3,(H,19,20). The molecule has 0 amide bonds. The number of likely N-dealkylation sites (tertiary alicyclic amines) is 1. The number of carbonyl (C=O) groups is 1. The molecule has 1 aromatic carbocycles. The number of carboxylic acids is 1. The van der Waals surface area contributed by atoms with E-state index >= 15 is 0 Å². The second kappa shape index (κ2) is 5.44. The van der Waals surface area contributed by atoms with Crippen LogP contribution in [0.5, 0.6) is 5.75 Å². The Kier molecular flexibility index (Phi) is 4.04. The van der Waals surface area contributed by atoms with Crippen LogP contribution in [0.25, 0.3) is 0 Å². The Morgan fingerprint density at radius 2 is 1.95 bits per heavy atom. The minimum Gasteiger partial charge on any atom is -0.508 e. The van der Waals surface area contributed by atoms with E-state index in [0.717, 1.165) is 24.2 Å². The first-order valence-corrected chi connectivity index (χ1v) is 7.10. The minimum absolute atomic E-state index is 0.105. The fraction of sp³-hybridized carbons (Fsp3) is 0.562. The number of hydrogen-bond acceptors (Lipinski definition) is 3. The number of benzene rings is 1. The number of nitrogens with zero attached hydrogens (tertiary/aromatic N) is 1. The molecule has 1 atom stereocenters. The number of piperidine rings is 1. The third kappa shape index (κ3) is 2.80. The van der Waals surface area contributed by atoms with Crippen molar-refractivity contribution in [3.8, 4) is 5.75 Å². The molecule has 4 nitrogen and oxygen atoms in total. The summed E-state index contributed by atoms with van der Waals surface area (Å²) in [5.74, 6) is -0.391. The maximum absolute atomic E-state index is 11.3. The molecule has 1 aromatic rings. The van der Waals surface area contributed by atoms with Crippen LogP contribution in [0.4, 0.5) is 0 Å². The van der Waals surface area contributed by atoms with Gasteiger partial charge in [-0.3, -0.25) is 9.69 Å². The summed E-state index contributed by atoms with van der Waals surface area (Å²) in [6.45, 7) is 7.39. The van der Waals surface area contributed by atoms with Crippen LogP contribution in [0, 0.1) is 12.3 Å². The molecule has 2 N–H and O–H groups in total. The number of phenols is 1. The van der Waals surface area contributed by atoms with Gasteiger partial charge in [0.15, 0.2) is 0 Å². The summed E-state index contributed by atoms with van der Waals surface area (Å²) < 4.78 is 0. The van der Waals surface area contributed by atoms with E-state index in [2.05, 4.69) is 11.8 Å². The summed E-state index contributed by atoms with van der Waals surface area (Å²) in [7, 11) is 0. The zero-order chi connectivity index (χ0) is 14.9. The average molecular weight is 277 g/mol. The number of aryl methyl sites for hydroxylation is 1. The normalized spacial score (nSPS) is 20.6. The number of aromatic hydroxyl groups is 1. The molecule has 1 aliphatic heterocycles. The molecule has 0 aliphatic carbocycles. The maximum Gasteiger partial charge on any atom is 0.309 e. The largest absolute Gasteiger partial charge is 0.508 e. The predicted molar refractivity (Wildman–Crippen MR) is 77.8 cm³/mol. The first-order chi connectivity index (χ1) is 9.33. The third-order valence-corrected chi connectivity index (χ3v) is 4.60. The molecule has 1 saturated heterocycles. The molecule has 110 valence electrons. The maximum atomic E-state index is 11.3. The summed E-state index contributed by atoms with van der Waals surface area (Å²) in [5.41, 5.74) is 1.44. The van der Waals surface area contributed by atoms with Crippen molar-refractivity contribution in [2.75, 3.05) is 13.1 Å². The molecular weight excluding hydrogens is 254 g/mol. The van der Waals surface area contributed by atoms with Crippen LogP contribution >= 0.6 is 0 Å². The van der Waals surface area contributed by atoms with Gasteiger partial charge >= 0.3 is 5.97 Å². The Morgan fingerprint density at radius 3 is 2.50 bits per heavy atom. The number of aliphatic carboxylic acids is 1. The fourth-order valence-electron chi connectivity index (χ4n) is 2.82. The Hall–Kier alpha value is -1.55. The van der Waals surface area contributed by atoms with E-state index in [4.69, 9.17) is 0 Å². The van der Waals surface area contributed by atoms with Crippen LogP contribution in [-0.4, -0.2) is 34.2 Å². The lowest BCUT2D eigenvalue weighted by Gasteiger charge is -2.39. The SMILES string of the molecule is Cc1ccc(O)c(C(C)N2CCC(C)(C(=O)O)CC2)c1. The zero-order valence-corrected chi connectivity index (χ0v) is 12.4. The van der Waals surface area contributed by atoms with Crippen molar-refractivity contribution in [1.29, 1.82) is 0 Å². The molecule has 0 aromatic heterocycles. The van der Waals surface area contributed by atoms with Gasteiger partial charge in [0, 0.05) is 11.6 Å². The van der Waals surface area contributed by atoms with E-state index in [-0.39, 0.29) is 6.04 Å². The number of rotatable bonds is 3.